The van der Waals surface area contributed by atoms with E-state index in [1.54, 1.807) is 0 Å². The lowest BCUT2D eigenvalue weighted by molar-refractivity contribution is 0.225. The van der Waals surface area contributed by atoms with Gasteiger partial charge in [-0.25, -0.2) is 0 Å². The van der Waals surface area contributed by atoms with Crippen molar-refractivity contribution in [3.63, 3.8) is 0 Å². The van der Waals surface area contributed by atoms with E-state index in [0.29, 0.717) is 33.2 Å². The first-order chi connectivity index (χ1) is 24.1. The number of hydrogen-bond donors (Lipinski definition) is 6. The Hall–Kier alpha value is -0.240. The highest BCUT2D eigenvalue weighted by molar-refractivity contribution is 4.96. The molecule has 6 N–H and O–H groups in total. The molecule has 306 valence electrons. The van der Waals surface area contributed by atoms with Crippen molar-refractivity contribution in [2.24, 2.45) is 0 Å². The molecule has 6 aliphatic carbocycles. The molecule has 0 spiro atoms. The van der Waals surface area contributed by atoms with Gasteiger partial charge in [0.1, 0.15) is 0 Å². The molecule has 6 fully saturated rings. The Morgan fingerprint density at radius 2 is 0.333 bits per heavy atom. The highest BCUT2D eigenvalue weighted by atomic mass is 15.0. The zero-order valence-corrected chi connectivity index (χ0v) is 37.1. The van der Waals surface area contributed by atoms with Crippen LogP contribution in [0.4, 0.5) is 0 Å². The van der Waals surface area contributed by atoms with Crippen LogP contribution in [0, 0.1) is 0 Å². The van der Waals surface area contributed by atoms with Crippen molar-refractivity contribution in [3.05, 3.63) is 0 Å². The van der Waals surface area contributed by atoms with Crippen LogP contribution in [-0.4, -0.2) is 75.5 Å². The van der Waals surface area contributed by atoms with E-state index >= 15 is 0 Å². The van der Waals surface area contributed by atoms with Crippen LogP contribution in [0.2, 0.25) is 0 Å². The minimum Gasteiger partial charge on any atom is -0.315 e. The molecule has 0 saturated heterocycles. The van der Waals surface area contributed by atoms with Gasteiger partial charge < -0.3 is 31.9 Å². The Kier molecular flexibility index (Phi) is 23.9. The van der Waals surface area contributed by atoms with Crippen LogP contribution in [0.25, 0.3) is 0 Å². The molecule has 6 heteroatoms. The van der Waals surface area contributed by atoms with Gasteiger partial charge >= 0.3 is 0 Å². The zero-order valence-electron chi connectivity index (χ0n) is 37.1. The molecule has 0 atom stereocenters. The largest absolute Gasteiger partial charge is 0.315 e. The summed E-state index contributed by atoms with van der Waals surface area (Å²) in [6.07, 6.45) is 37.8. The summed E-state index contributed by atoms with van der Waals surface area (Å²) in [6.45, 7) is 13.9. The minimum atomic E-state index is 0.445. The van der Waals surface area contributed by atoms with Gasteiger partial charge in [-0.2, -0.15) is 0 Å². The molecule has 51 heavy (non-hydrogen) atoms. The van der Waals surface area contributed by atoms with Crippen molar-refractivity contribution < 1.29 is 0 Å². The molecule has 0 aromatic heterocycles. The molecule has 0 unspecified atom stereocenters. The van der Waals surface area contributed by atoms with E-state index in [0.717, 1.165) is 0 Å². The lowest BCUT2D eigenvalue weighted by Gasteiger charge is -2.37. The third kappa shape index (κ3) is 21.4. The minimum absolute atomic E-state index is 0.445. The molecular weight excluding hydrogens is 625 g/mol. The second-order valence-corrected chi connectivity index (χ2v) is 19.2. The Morgan fingerprint density at radius 1 is 0.196 bits per heavy atom. The Bertz CT molecular complexity index is 816. The maximum atomic E-state index is 3.45. The molecule has 0 amide bonds. The number of hydrogen-bond acceptors (Lipinski definition) is 6. The predicted molar refractivity (Wildman–Crippen MR) is 229 cm³/mol. The van der Waals surface area contributed by atoms with Crippen molar-refractivity contribution in [2.75, 3.05) is 42.3 Å². The summed E-state index contributed by atoms with van der Waals surface area (Å²) in [7, 11) is 12.4. The predicted octanol–water partition coefficient (Wildman–Crippen LogP) is 10.4. The topological polar surface area (TPSA) is 72.2 Å². The first-order valence-electron chi connectivity index (χ1n) is 22.2. The van der Waals surface area contributed by atoms with E-state index in [9.17, 15) is 0 Å². The summed E-state index contributed by atoms with van der Waals surface area (Å²) >= 11 is 0. The van der Waals surface area contributed by atoms with Gasteiger partial charge in [0.25, 0.3) is 0 Å². The van der Waals surface area contributed by atoms with Crippen molar-refractivity contribution in [1.82, 2.24) is 31.9 Å². The van der Waals surface area contributed by atoms with Crippen molar-refractivity contribution in [2.45, 2.75) is 248 Å². The second-order valence-electron chi connectivity index (χ2n) is 19.2. The molecule has 0 aromatic rings. The Labute approximate surface area is 321 Å². The fourth-order valence-electron chi connectivity index (χ4n) is 8.08. The van der Waals surface area contributed by atoms with Gasteiger partial charge in [0.15, 0.2) is 0 Å². The van der Waals surface area contributed by atoms with E-state index in [1.165, 1.54) is 173 Å². The van der Waals surface area contributed by atoms with Gasteiger partial charge in [0, 0.05) is 33.2 Å². The van der Waals surface area contributed by atoms with E-state index in [-0.39, 0.29) is 0 Å². The fraction of sp³-hybridized carbons (Fsp3) is 1.00. The van der Waals surface area contributed by atoms with Crippen LogP contribution in [-0.2, 0) is 0 Å². The highest BCUT2D eigenvalue weighted by Gasteiger charge is 2.34. The summed E-state index contributed by atoms with van der Waals surface area (Å²) in [5.41, 5.74) is 2.91. The summed E-state index contributed by atoms with van der Waals surface area (Å²) in [5.74, 6) is 0. The standard InChI is InChI=1S/C10H21N.C9H19N.C8H17N.C7H15N.C6H13N.C5H11N/c1-10(11-2)8-6-4-3-5-7-9-10;1-9(10-2)7-5-3-4-6-8-9;1-8(9-2)6-4-3-5-7-8;1-7(8-2)5-3-4-6-7;1-6(7-2)4-3-5-6;1-5(6-2)3-4-5/h11H,3-9H2,1-2H3;10H,3-8H2,1-2H3;9H,3-7H2,1-2H3;8H,3-6H2,1-2H3;7H,3-5H2,1-2H3;6H,3-4H2,1-2H3. The highest BCUT2D eigenvalue weighted by Crippen LogP contribution is 2.33. The third-order valence-corrected chi connectivity index (χ3v) is 14.4. The maximum Gasteiger partial charge on any atom is 0.0151 e. The SMILES string of the molecule is CNC1(C)CC1.CNC1(C)CCC1.CNC1(C)CCCC1.CNC1(C)CCCCC1.CNC1(C)CCCCCC1.CNC1(C)CCCCCCC1. The van der Waals surface area contributed by atoms with E-state index in [2.05, 4.69) is 102 Å². The molecule has 6 nitrogen and oxygen atoms in total. The molecule has 6 rings (SSSR count). The summed E-state index contributed by atoms with van der Waals surface area (Å²) < 4.78 is 0. The van der Waals surface area contributed by atoms with Crippen molar-refractivity contribution in [3.8, 4) is 0 Å². The summed E-state index contributed by atoms with van der Waals surface area (Å²) in [5, 5.41) is 20.1. The molecule has 0 aliphatic heterocycles. The van der Waals surface area contributed by atoms with E-state index in [1.807, 2.05) is 14.1 Å². The molecular formula is C45H96N6. The average molecular weight is 721 g/mol. The Morgan fingerprint density at radius 3 is 0.471 bits per heavy atom. The summed E-state index contributed by atoms with van der Waals surface area (Å²) in [6, 6.07) is 0. The summed E-state index contributed by atoms with van der Waals surface area (Å²) in [4.78, 5) is 0. The normalized spacial score (nSPS) is 26.1. The van der Waals surface area contributed by atoms with Crippen LogP contribution in [0.3, 0.4) is 0 Å². The average Bonchev–Trinajstić information content (AvgIpc) is 3.79. The smallest absolute Gasteiger partial charge is 0.0151 e. The number of rotatable bonds is 6. The second kappa shape index (κ2) is 25.0. The van der Waals surface area contributed by atoms with Crippen LogP contribution >= 0.6 is 0 Å². The van der Waals surface area contributed by atoms with Crippen LogP contribution in [0.15, 0.2) is 0 Å². The van der Waals surface area contributed by atoms with Crippen molar-refractivity contribution >= 4 is 0 Å². The first-order valence-corrected chi connectivity index (χ1v) is 22.2. The first kappa shape index (κ1) is 48.8. The lowest BCUT2D eigenvalue weighted by Crippen LogP contribution is -2.45. The molecule has 6 saturated carbocycles. The molecule has 0 aromatic carbocycles. The zero-order chi connectivity index (χ0) is 38.3. The number of nitrogens with one attached hydrogen (secondary N) is 6. The van der Waals surface area contributed by atoms with Crippen LogP contribution in [0.5, 0.6) is 0 Å². The fourth-order valence-corrected chi connectivity index (χ4v) is 8.08. The lowest BCUT2D eigenvalue weighted by atomic mass is 9.79. The van der Waals surface area contributed by atoms with E-state index in [4.69, 9.17) is 0 Å². The third-order valence-electron chi connectivity index (χ3n) is 14.4. The molecule has 0 radical (unpaired) electrons. The van der Waals surface area contributed by atoms with Gasteiger partial charge in [-0.05, 0) is 167 Å². The quantitative estimate of drug-likeness (QED) is 0.154. The van der Waals surface area contributed by atoms with Crippen LogP contribution < -0.4 is 31.9 Å². The molecule has 6 aliphatic rings. The van der Waals surface area contributed by atoms with Gasteiger partial charge in [-0.15, -0.1) is 0 Å². The van der Waals surface area contributed by atoms with Crippen molar-refractivity contribution in [1.29, 1.82) is 0 Å². The maximum absolute atomic E-state index is 3.45. The van der Waals surface area contributed by atoms with Gasteiger partial charge in [0.2, 0.25) is 0 Å². The van der Waals surface area contributed by atoms with Gasteiger partial charge in [-0.1, -0.05) is 89.9 Å². The van der Waals surface area contributed by atoms with Crippen LogP contribution in [0.1, 0.15) is 215 Å². The van der Waals surface area contributed by atoms with Gasteiger partial charge in [-0.3, -0.25) is 0 Å². The van der Waals surface area contributed by atoms with Gasteiger partial charge in [0.05, 0.1) is 0 Å². The molecule has 0 heterocycles. The van der Waals surface area contributed by atoms with E-state index < -0.39 is 0 Å². The Balaban J connectivity index is 0.000000309. The molecule has 0 bridgehead atoms. The monoisotopic (exact) mass is 721 g/mol.